The predicted molar refractivity (Wildman–Crippen MR) is 112 cm³/mol. The molecular weight excluding hydrogens is 405 g/mol. The van der Waals surface area contributed by atoms with Crippen molar-refractivity contribution in [1.29, 1.82) is 0 Å². The second-order valence-electron chi connectivity index (χ2n) is 6.58. The van der Waals surface area contributed by atoms with Gasteiger partial charge < -0.3 is 19.5 Å². The first-order valence-electron chi connectivity index (χ1n) is 9.32. The molecule has 0 bridgehead atoms. The maximum atomic E-state index is 14.2. The summed E-state index contributed by atoms with van der Waals surface area (Å²) in [6, 6.07) is 10.6. The van der Waals surface area contributed by atoms with Crippen LogP contribution in [0.5, 0.6) is 17.2 Å². The Balaban J connectivity index is 1.89. The Morgan fingerprint density at radius 3 is 2.29 bits per heavy atom. The van der Waals surface area contributed by atoms with Crippen LogP contribution >= 0.6 is 0 Å². The van der Waals surface area contributed by atoms with Crippen LogP contribution < -0.4 is 25.0 Å². The van der Waals surface area contributed by atoms with E-state index >= 15 is 0 Å². The van der Waals surface area contributed by atoms with Crippen molar-refractivity contribution in [3.8, 4) is 22.9 Å². The van der Waals surface area contributed by atoms with Crippen LogP contribution in [0.3, 0.4) is 0 Å². The Morgan fingerprint density at radius 2 is 1.71 bits per heavy atom. The molecule has 162 valence electrons. The molecule has 0 atom stereocenters. The fraction of sp³-hybridized carbons (Fsp3) is 0.227. The number of ether oxygens (including phenoxy) is 3. The number of nitrogens with zero attached hydrogens (tertiary/aromatic N) is 2. The average molecular weight is 427 g/mol. The van der Waals surface area contributed by atoms with Crippen molar-refractivity contribution in [2.75, 3.05) is 21.3 Å². The quantitative estimate of drug-likeness (QED) is 0.623. The Morgan fingerprint density at radius 1 is 1.06 bits per heavy atom. The summed E-state index contributed by atoms with van der Waals surface area (Å²) in [4.78, 5) is 25.0. The molecule has 31 heavy (non-hydrogen) atoms. The van der Waals surface area contributed by atoms with Crippen LogP contribution in [-0.4, -0.2) is 37.0 Å². The molecule has 3 rings (SSSR count). The molecule has 0 saturated carbocycles. The first-order chi connectivity index (χ1) is 14.9. The number of aryl methyl sites for hydroxylation is 1. The lowest BCUT2D eigenvalue weighted by Crippen LogP contribution is -2.31. The van der Waals surface area contributed by atoms with Gasteiger partial charge >= 0.3 is 0 Å². The number of benzene rings is 2. The van der Waals surface area contributed by atoms with Crippen molar-refractivity contribution in [1.82, 2.24) is 15.1 Å². The van der Waals surface area contributed by atoms with Crippen LogP contribution in [0, 0.1) is 12.7 Å². The molecule has 3 aromatic rings. The topological polar surface area (TPSA) is 91.7 Å². The summed E-state index contributed by atoms with van der Waals surface area (Å²) >= 11 is 0. The van der Waals surface area contributed by atoms with E-state index in [0.29, 0.717) is 28.5 Å². The number of rotatable bonds is 7. The smallest absolute Gasteiger partial charge is 0.276 e. The molecular formula is C22H22FN3O5. The van der Waals surface area contributed by atoms with Crippen molar-refractivity contribution >= 4 is 5.91 Å². The van der Waals surface area contributed by atoms with E-state index in [4.69, 9.17) is 14.2 Å². The number of halogens is 1. The van der Waals surface area contributed by atoms with E-state index < -0.39 is 17.2 Å². The van der Waals surface area contributed by atoms with Gasteiger partial charge in [0, 0.05) is 18.3 Å². The minimum Gasteiger partial charge on any atom is -0.493 e. The molecule has 0 spiro atoms. The minimum atomic E-state index is -0.691. The van der Waals surface area contributed by atoms with Gasteiger partial charge in [-0.3, -0.25) is 9.59 Å². The van der Waals surface area contributed by atoms with Crippen LogP contribution in [0.4, 0.5) is 4.39 Å². The number of carbonyl (C=O) groups is 1. The summed E-state index contributed by atoms with van der Waals surface area (Å²) in [6.45, 7) is 1.68. The zero-order chi connectivity index (χ0) is 22.5. The third-order valence-electron chi connectivity index (χ3n) is 4.58. The number of hydrogen-bond donors (Lipinski definition) is 1. The molecule has 0 fully saturated rings. The first-order valence-corrected chi connectivity index (χ1v) is 9.32. The summed E-state index contributed by atoms with van der Waals surface area (Å²) in [7, 11) is 4.47. The molecule has 2 aromatic carbocycles. The molecule has 1 heterocycles. The molecule has 8 nitrogen and oxygen atoms in total. The number of hydrogen-bond acceptors (Lipinski definition) is 6. The summed E-state index contributed by atoms with van der Waals surface area (Å²) in [5.41, 5.74) is 0.285. The molecule has 0 radical (unpaired) electrons. The van der Waals surface area contributed by atoms with Gasteiger partial charge in [-0.25, -0.2) is 9.07 Å². The second kappa shape index (κ2) is 9.29. The molecule has 9 heteroatoms. The second-order valence-corrected chi connectivity index (χ2v) is 6.58. The number of nitrogens with one attached hydrogen (secondary N) is 1. The van der Waals surface area contributed by atoms with Gasteiger partial charge in [-0.05, 0) is 36.8 Å². The maximum Gasteiger partial charge on any atom is 0.276 e. The fourth-order valence-electron chi connectivity index (χ4n) is 3.08. The lowest BCUT2D eigenvalue weighted by Gasteiger charge is -2.15. The molecule has 0 unspecified atom stereocenters. The van der Waals surface area contributed by atoms with Crippen molar-refractivity contribution in [2.24, 2.45) is 0 Å². The zero-order valence-electron chi connectivity index (χ0n) is 17.6. The molecule has 1 aromatic heterocycles. The Bertz CT molecular complexity index is 1150. The van der Waals surface area contributed by atoms with Gasteiger partial charge in [-0.2, -0.15) is 5.10 Å². The van der Waals surface area contributed by atoms with Crippen LogP contribution in [-0.2, 0) is 6.54 Å². The summed E-state index contributed by atoms with van der Waals surface area (Å²) in [5.74, 6) is 0.0744. The highest BCUT2D eigenvalue weighted by atomic mass is 19.1. The molecule has 1 amide bonds. The van der Waals surface area contributed by atoms with E-state index in [1.807, 2.05) is 0 Å². The predicted octanol–water partition coefficient (Wildman–Crippen LogP) is 2.64. The fourth-order valence-corrected chi connectivity index (χ4v) is 3.08. The lowest BCUT2D eigenvalue weighted by atomic mass is 10.1. The normalized spacial score (nSPS) is 10.5. The van der Waals surface area contributed by atoms with Crippen molar-refractivity contribution < 1.29 is 23.4 Å². The zero-order valence-corrected chi connectivity index (χ0v) is 17.6. The van der Waals surface area contributed by atoms with Crippen molar-refractivity contribution in [3.63, 3.8) is 0 Å². The van der Waals surface area contributed by atoms with Crippen LogP contribution in [0.1, 0.15) is 21.7 Å². The molecule has 0 saturated heterocycles. The molecule has 0 aliphatic carbocycles. The molecule has 0 aliphatic heterocycles. The van der Waals surface area contributed by atoms with Crippen molar-refractivity contribution in [2.45, 2.75) is 13.5 Å². The summed E-state index contributed by atoms with van der Waals surface area (Å²) in [5, 5.41) is 6.74. The Kier molecular flexibility index (Phi) is 6.54. The van der Waals surface area contributed by atoms with Crippen LogP contribution in [0.15, 0.2) is 47.3 Å². The first kappa shape index (κ1) is 21.8. The monoisotopic (exact) mass is 427 g/mol. The Hall–Kier alpha value is -3.88. The number of para-hydroxylation sites is 1. The SMILES string of the molecule is COc1cc(CNC(=O)c2nn(-c3ccccc3F)c(C)cc2=O)cc(OC)c1OC. The van der Waals surface area contributed by atoms with E-state index in [-0.39, 0.29) is 17.9 Å². The Labute approximate surface area is 178 Å². The number of amides is 1. The highest BCUT2D eigenvalue weighted by Gasteiger charge is 2.18. The van der Waals surface area contributed by atoms with E-state index in [2.05, 4.69) is 10.4 Å². The van der Waals surface area contributed by atoms with E-state index in [1.165, 1.54) is 44.2 Å². The standard InChI is InChI=1S/C22H22FN3O5/c1-13-9-17(27)20(25-26(13)16-8-6-5-7-15(16)23)22(28)24-12-14-10-18(29-2)21(31-4)19(11-14)30-3/h5-11H,12H2,1-4H3,(H,24,28). The van der Waals surface area contributed by atoms with Gasteiger partial charge in [0.1, 0.15) is 11.5 Å². The molecule has 1 N–H and O–H groups in total. The van der Waals surface area contributed by atoms with Gasteiger partial charge in [-0.1, -0.05) is 12.1 Å². The van der Waals surface area contributed by atoms with Crippen LogP contribution in [0.2, 0.25) is 0 Å². The number of aromatic nitrogens is 2. The number of carbonyl (C=O) groups excluding carboxylic acids is 1. The van der Waals surface area contributed by atoms with Crippen LogP contribution in [0.25, 0.3) is 5.69 Å². The third kappa shape index (κ3) is 4.50. The summed E-state index contributed by atoms with van der Waals surface area (Å²) in [6.07, 6.45) is 0. The van der Waals surface area contributed by atoms with Gasteiger partial charge in [0.15, 0.2) is 17.2 Å². The lowest BCUT2D eigenvalue weighted by molar-refractivity contribution is 0.0942. The average Bonchev–Trinajstić information content (AvgIpc) is 2.77. The largest absolute Gasteiger partial charge is 0.493 e. The van der Waals surface area contributed by atoms with E-state index in [9.17, 15) is 14.0 Å². The minimum absolute atomic E-state index is 0.0737. The third-order valence-corrected chi connectivity index (χ3v) is 4.58. The number of methoxy groups -OCH3 is 3. The van der Waals surface area contributed by atoms with E-state index in [1.54, 1.807) is 31.2 Å². The maximum absolute atomic E-state index is 14.2. The molecule has 0 aliphatic rings. The highest BCUT2D eigenvalue weighted by Crippen LogP contribution is 2.38. The van der Waals surface area contributed by atoms with Gasteiger partial charge in [0.25, 0.3) is 5.91 Å². The van der Waals surface area contributed by atoms with E-state index in [0.717, 1.165) is 0 Å². The van der Waals surface area contributed by atoms with Gasteiger partial charge in [-0.15, -0.1) is 0 Å². The van der Waals surface area contributed by atoms with Gasteiger partial charge in [0.05, 0.1) is 21.3 Å². The van der Waals surface area contributed by atoms with Crippen molar-refractivity contribution in [3.05, 3.63) is 75.5 Å². The van der Waals surface area contributed by atoms with Gasteiger partial charge in [0.2, 0.25) is 11.2 Å². The summed E-state index contributed by atoms with van der Waals surface area (Å²) < 4.78 is 31.3. The highest BCUT2D eigenvalue weighted by molar-refractivity contribution is 5.92.